The molecule has 1 aliphatic heterocycles. The van der Waals surface area contributed by atoms with Gasteiger partial charge in [0.15, 0.2) is 0 Å². The molecule has 0 spiro atoms. The van der Waals surface area contributed by atoms with E-state index in [0.717, 1.165) is 0 Å². The fourth-order valence-corrected chi connectivity index (χ4v) is 3.05. The summed E-state index contributed by atoms with van der Waals surface area (Å²) in [5.41, 5.74) is 0.522. The molecule has 1 atom stereocenters. The number of nitrogens with one attached hydrogen (secondary N) is 1. The van der Waals surface area contributed by atoms with E-state index < -0.39 is 0 Å². The molecule has 2 aliphatic rings. The van der Waals surface area contributed by atoms with Crippen LogP contribution in [0.1, 0.15) is 46.0 Å². The van der Waals surface area contributed by atoms with Gasteiger partial charge in [0.2, 0.25) is 0 Å². The van der Waals surface area contributed by atoms with E-state index in [9.17, 15) is 0 Å². The Morgan fingerprint density at radius 1 is 1.21 bits per heavy atom. The third-order valence-corrected chi connectivity index (χ3v) is 4.06. The zero-order chi connectivity index (χ0) is 10.0. The van der Waals surface area contributed by atoms with Crippen LogP contribution in [0.4, 0.5) is 0 Å². The normalized spacial score (nSPS) is 34.3. The van der Waals surface area contributed by atoms with Crippen molar-refractivity contribution >= 4 is 0 Å². The van der Waals surface area contributed by atoms with Gasteiger partial charge in [-0.3, -0.25) is 4.90 Å². The summed E-state index contributed by atoms with van der Waals surface area (Å²) >= 11 is 0. The maximum Gasteiger partial charge on any atom is 0.0182 e. The maximum absolute atomic E-state index is 3.53. The summed E-state index contributed by atoms with van der Waals surface area (Å²) in [6, 6.07) is 0.683. The minimum Gasteiger partial charge on any atom is -0.312 e. The van der Waals surface area contributed by atoms with Crippen molar-refractivity contribution in [3.05, 3.63) is 0 Å². The summed E-state index contributed by atoms with van der Waals surface area (Å²) in [6.07, 6.45) is 7.17. The first-order valence-electron chi connectivity index (χ1n) is 6.19. The third kappa shape index (κ3) is 2.12. The zero-order valence-electron chi connectivity index (χ0n) is 9.68. The highest BCUT2D eigenvalue weighted by Crippen LogP contribution is 2.33. The number of nitrogens with zero attached hydrogens (tertiary/aromatic N) is 1. The Balaban J connectivity index is 1.97. The first-order valence-corrected chi connectivity index (χ1v) is 6.19. The van der Waals surface area contributed by atoms with Gasteiger partial charge in [0.1, 0.15) is 0 Å². The van der Waals surface area contributed by atoms with Crippen LogP contribution in [0.2, 0.25) is 0 Å². The van der Waals surface area contributed by atoms with E-state index in [4.69, 9.17) is 0 Å². The summed E-state index contributed by atoms with van der Waals surface area (Å²) in [7, 11) is 0. The van der Waals surface area contributed by atoms with Crippen LogP contribution in [0.3, 0.4) is 0 Å². The van der Waals surface area contributed by atoms with Gasteiger partial charge in [-0.05, 0) is 26.7 Å². The summed E-state index contributed by atoms with van der Waals surface area (Å²) in [6.45, 7) is 8.46. The fourth-order valence-electron chi connectivity index (χ4n) is 3.05. The van der Waals surface area contributed by atoms with Crippen molar-refractivity contribution in [1.29, 1.82) is 0 Å². The van der Waals surface area contributed by atoms with E-state index >= 15 is 0 Å². The van der Waals surface area contributed by atoms with Crippen molar-refractivity contribution in [2.45, 2.75) is 57.5 Å². The molecule has 0 bridgehead atoms. The van der Waals surface area contributed by atoms with E-state index in [1.807, 2.05) is 0 Å². The monoisotopic (exact) mass is 196 g/mol. The fraction of sp³-hybridized carbons (Fsp3) is 1.00. The van der Waals surface area contributed by atoms with Gasteiger partial charge < -0.3 is 5.32 Å². The molecular formula is C12H24N2. The average molecular weight is 196 g/mol. The van der Waals surface area contributed by atoms with Crippen molar-refractivity contribution < 1.29 is 0 Å². The van der Waals surface area contributed by atoms with Gasteiger partial charge in [0, 0.05) is 31.2 Å². The summed E-state index contributed by atoms with van der Waals surface area (Å²) in [5.74, 6) is 0. The van der Waals surface area contributed by atoms with Gasteiger partial charge in [-0.15, -0.1) is 0 Å². The molecule has 1 aliphatic carbocycles. The van der Waals surface area contributed by atoms with E-state index in [2.05, 4.69) is 24.1 Å². The Bertz CT molecular complexity index is 185. The molecule has 0 radical (unpaired) electrons. The first-order chi connectivity index (χ1) is 6.71. The molecule has 1 saturated carbocycles. The van der Waals surface area contributed by atoms with Crippen LogP contribution >= 0.6 is 0 Å². The van der Waals surface area contributed by atoms with Crippen LogP contribution in [0, 0.1) is 0 Å². The highest BCUT2D eigenvalue weighted by molar-refractivity contribution is 4.92. The lowest BCUT2D eigenvalue weighted by Crippen LogP contribution is -2.58. The van der Waals surface area contributed by atoms with E-state index in [-0.39, 0.29) is 0 Å². The van der Waals surface area contributed by atoms with Crippen LogP contribution in [-0.4, -0.2) is 36.1 Å². The molecule has 14 heavy (non-hydrogen) atoms. The van der Waals surface area contributed by atoms with Gasteiger partial charge >= 0.3 is 0 Å². The second-order valence-corrected chi connectivity index (χ2v) is 5.36. The molecule has 0 aromatic heterocycles. The lowest BCUT2D eigenvalue weighted by atomic mass is 9.81. The van der Waals surface area contributed by atoms with E-state index in [0.29, 0.717) is 11.6 Å². The van der Waals surface area contributed by atoms with Gasteiger partial charge in [0.05, 0.1) is 0 Å². The Morgan fingerprint density at radius 3 is 2.57 bits per heavy atom. The highest BCUT2D eigenvalue weighted by atomic mass is 15.2. The minimum atomic E-state index is 0.522. The van der Waals surface area contributed by atoms with Crippen molar-refractivity contribution in [1.82, 2.24) is 10.2 Å². The Labute approximate surface area is 88.1 Å². The van der Waals surface area contributed by atoms with Crippen LogP contribution in [-0.2, 0) is 0 Å². The first kappa shape index (κ1) is 10.4. The predicted octanol–water partition coefficient (Wildman–Crippen LogP) is 2.00. The molecule has 2 nitrogen and oxygen atoms in total. The molecule has 0 aromatic rings. The van der Waals surface area contributed by atoms with Crippen LogP contribution in [0.5, 0.6) is 0 Å². The van der Waals surface area contributed by atoms with Gasteiger partial charge in [-0.2, -0.15) is 0 Å². The Hall–Kier alpha value is -0.0800. The summed E-state index contributed by atoms with van der Waals surface area (Å²) in [4.78, 5) is 2.73. The van der Waals surface area contributed by atoms with Crippen molar-refractivity contribution in [3.8, 4) is 0 Å². The lowest BCUT2D eigenvalue weighted by molar-refractivity contribution is 0.0420. The molecule has 82 valence electrons. The number of hydrogen-bond acceptors (Lipinski definition) is 2. The van der Waals surface area contributed by atoms with E-state index in [1.165, 1.54) is 51.7 Å². The molecule has 2 rings (SSSR count). The Kier molecular flexibility index (Phi) is 3.13. The van der Waals surface area contributed by atoms with Crippen LogP contribution < -0.4 is 5.32 Å². The molecule has 1 saturated heterocycles. The largest absolute Gasteiger partial charge is 0.312 e. The highest BCUT2D eigenvalue weighted by Gasteiger charge is 2.34. The molecule has 2 fully saturated rings. The maximum atomic E-state index is 3.53. The van der Waals surface area contributed by atoms with Gasteiger partial charge in [0.25, 0.3) is 0 Å². The predicted molar refractivity (Wildman–Crippen MR) is 60.5 cm³/mol. The molecule has 1 heterocycles. The summed E-state index contributed by atoms with van der Waals surface area (Å²) < 4.78 is 0. The quantitative estimate of drug-likeness (QED) is 0.690. The average Bonchev–Trinajstić information content (AvgIpc) is 2.19. The number of piperazine rings is 1. The second-order valence-electron chi connectivity index (χ2n) is 5.36. The van der Waals surface area contributed by atoms with Crippen molar-refractivity contribution in [2.24, 2.45) is 0 Å². The van der Waals surface area contributed by atoms with E-state index in [1.54, 1.807) is 0 Å². The number of hydrogen-bond donors (Lipinski definition) is 1. The molecule has 0 aromatic carbocycles. The lowest BCUT2D eigenvalue weighted by Gasteiger charge is -2.47. The molecule has 2 heteroatoms. The Morgan fingerprint density at radius 2 is 1.93 bits per heavy atom. The molecule has 1 N–H and O–H groups in total. The van der Waals surface area contributed by atoms with Crippen LogP contribution in [0.25, 0.3) is 0 Å². The van der Waals surface area contributed by atoms with Crippen molar-refractivity contribution in [3.63, 3.8) is 0 Å². The molecular weight excluding hydrogens is 172 g/mol. The standard InChI is InChI=1S/C12H24N2/c1-11-10-14(9-8-13-11)12(2)6-4-3-5-7-12/h11,13H,3-10H2,1-2H3. The summed E-state index contributed by atoms with van der Waals surface area (Å²) in [5, 5.41) is 3.53. The molecule has 1 unspecified atom stereocenters. The van der Waals surface area contributed by atoms with Crippen LogP contribution in [0.15, 0.2) is 0 Å². The second kappa shape index (κ2) is 4.19. The van der Waals surface area contributed by atoms with Gasteiger partial charge in [-0.25, -0.2) is 0 Å². The molecule has 0 amide bonds. The smallest absolute Gasteiger partial charge is 0.0182 e. The number of rotatable bonds is 1. The van der Waals surface area contributed by atoms with Crippen molar-refractivity contribution in [2.75, 3.05) is 19.6 Å². The SMILES string of the molecule is CC1CN(C2(C)CCCCC2)CCN1. The topological polar surface area (TPSA) is 15.3 Å². The minimum absolute atomic E-state index is 0.522. The van der Waals surface area contributed by atoms with Gasteiger partial charge in [-0.1, -0.05) is 19.3 Å². The zero-order valence-corrected chi connectivity index (χ0v) is 9.68. The third-order valence-electron chi connectivity index (χ3n) is 4.06.